The van der Waals surface area contributed by atoms with Crippen LogP contribution in [0, 0.1) is 0 Å². The number of aliphatic imine (C=N–C) groups is 2. The van der Waals surface area contributed by atoms with Gasteiger partial charge in [-0.25, -0.2) is 4.79 Å². The Balaban J connectivity index is 3.12. The number of benzene rings is 1. The van der Waals surface area contributed by atoms with Crippen molar-refractivity contribution < 1.29 is 24.3 Å². The van der Waals surface area contributed by atoms with E-state index < -0.39 is 47.9 Å². The highest BCUT2D eigenvalue weighted by molar-refractivity contribution is 7.98. The Hall–Kier alpha value is -4.05. The van der Waals surface area contributed by atoms with Crippen molar-refractivity contribution in [2.75, 3.05) is 25.1 Å². The lowest BCUT2D eigenvalue weighted by Gasteiger charge is -2.25. The van der Waals surface area contributed by atoms with Crippen LogP contribution in [0.3, 0.4) is 0 Å². The minimum Gasteiger partial charge on any atom is -0.480 e. The lowest BCUT2D eigenvalue weighted by atomic mass is 10.0. The highest BCUT2D eigenvalue weighted by atomic mass is 32.2. The maximum Gasteiger partial charge on any atom is 0.326 e. The third kappa shape index (κ3) is 15.1. The number of hydrogen-bond acceptors (Lipinski definition) is 8. The number of carbonyl (C=O) groups is 4. The Morgan fingerprint density at radius 3 is 1.81 bits per heavy atom. The van der Waals surface area contributed by atoms with Gasteiger partial charge in [0.25, 0.3) is 0 Å². The molecule has 0 saturated carbocycles. The average Bonchev–Trinajstić information content (AvgIpc) is 2.94. The number of carbonyl (C=O) groups excluding carboxylic acids is 3. The molecule has 0 aliphatic carbocycles. The fourth-order valence-electron chi connectivity index (χ4n) is 3.79. The van der Waals surface area contributed by atoms with Crippen LogP contribution >= 0.6 is 11.8 Å². The van der Waals surface area contributed by atoms with Crippen molar-refractivity contribution in [2.45, 2.75) is 62.7 Å². The molecule has 4 unspecified atom stereocenters. The first-order valence-corrected chi connectivity index (χ1v) is 14.9. The van der Waals surface area contributed by atoms with Gasteiger partial charge in [0.05, 0.1) is 6.04 Å². The first kappa shape index (κ1) is 36.0. The molecular formula is C26H44N10O5S. The standard InChI is InChI=1S/C26H44N10O5S/c1-42-14-11-17(27)21(37)36-20(15-16-7-3-2-4-8-16)23(39)34-18(9-5-12-32-25(28)29)22(38)35-19(24(40)41)10-6-13-33-26(30)31/h2-4,7-8,17-20H,5-6,9-15,27H2,1H3,(H,34,39)(H,35,38)(H,36,37)(H,40,41)(H4,28,29,32)(H4,30,31,33). The summed E-state index contributed by atoms with van der Waals surface area (Å²) in [6, 6.07) is 4.76. The number of nitrogens with two attached hydrogens (primary N) is 5. The second kappa shape index (κ2) is 19.9. The number of rotatable bonds is 20. The number of carboxylic acids is 1. The first-order valence-electron chi connectivity index (χ1n) is 13.5. The van der Waals surface area contributed by atoms with Crippen molar-refractivity contribution in [1.29, 1.82) is 0 Å². The van der Waals surface area contributed by atoms with E-state index in [2.05, 4.69) is 25.9 Å². The number of thioether (sulfide) groups is 1. The summed E-state index contributed by atoms with van der Waals surface area (Å²) in [6.45, 7) is 0.359. The van der Waals surface area contributed by atoms with Crippen LogP contribution in [0.25, 0.3) is 0 Å². The molecule has 1 rings (SSSR count). The van der Waals surface area contributed by atoms with Crippen molar-refractivity contribution in [3.05, 3.63) is 35.9 Å². The molecule has 0 bridgehead atoms. The molecule has 0 spiro atoms. The number of hydrogen-bond donors (Lipinski definition) is 9. The van der Waals surface area contributed by atoms with Gasteiger partial charge in [0.1, 0.15) is 18.1 Å². The van der Waals surface area contributed by atoms with Crippen LogP contribution in [0.2, 0.25) is 0 Å². The molecule has 0 aliphatic rings. The van der Waals surface area contributed by atoms with Gasteiger partial charge < -0.3 is 49.7 Å². The van der Waals surface area contributed by atoms with Crippen molar-refractivity contribution in [1.82, 2.24) is 16.0 Å². The summed E-state index contributed by atoms with van der Waals surface area (Å²) in [6.07, 6.45) is 3.18. The van der Waals surface area contributed by atoms with Gasteiger partial charge in [0.2, 0.25) is 17.7 Å². The van der Waals surface area contributed by atoms with Gasteiger partial charge in [0.15, 0.2) is 11.9 Å². The van der Waals surface area contributed by atoms with Gasteiger partial charge in [-0.2, -0.15) is 11.8 Å². The molecule has 0 heterocycles. The highest BCUT2D eigenvalue weighted by Crippen LogP contribution is 2.08. The minimum absolute atomic E-state index is 0.0488. The predicted octanol–water partition coefficient (Wildman–Crippen LogP) is -2.04. The summed E-state index contributed by atoms with van der Waals surface area (Å²) in [5.74, 6) is -2.70. The van der Waals surface area contributed by atoms with E-state index in [9.17, 15) is 24.3 Å². The SMILES string of the molecule is CSCCC(N)C(=O)NC(Cc1ccccc1)C(=O)NC(CCCN=C(N)N)C(=O)NC(CCCN=C(N)N)C(=O)O. The Labute approximate surface area is 249 Å². The molecular weight excluding hydrogens is 564 g/mol. The molecule has 0 aromatic heterocycles. The van der Waals surface area contributed by atoms with E-state index in [0.29, 0.717) is 25.0 Å². The molecule has 1 aromatic carbocycles. The first-order chi connectivity index (χ1) is 19.9. The molecule has 0 aliphatic heterocycles. The zero-order chi connectivity index (χ0) is 31.5. The maximum absolute atomic E-state index is 13.5. The lowest BCUT2D eigenvalue weighted by molar-refractivity contribution is -0.142. The van der Waals surface area contributed by atoms with Crippen LogP contribution in [0.15, 0.2) is 40.3 Å². The minimum atomic E-state index is -1.26. The number of aliphatic carboxylic acids is 1. The van der Waals surface area contributed by atoms with Crippen molar-refractivity contribution >= 4 is 47.4 Å². The van der Waals surface area contributed by atoms with E-state index in [1.165, 1.54) is 0 Å². The summed E-state index contributed by atoms with van der Waals surface area (Å²) < 4.78 is 0. The Bertz CT molecular complexity index is 1060. The zero-order valence-corrected chi connectivity index (χ0v) is 24.6. The molecule has 4 atom stereocenters. The second-order valence-corrected chi connectivity index (χ2v) is 10.5. The van der Waals surface area contributed by atoms with Crippen molar-refractivity contribution in [2.24, 2.45) is 38.7 Å². The van der Waals surface area contributed by atoms with E-state index in [-0.39, 0.29) is 44.3 Å². The summed E-state index contributed by atoms with van der Waals surface area (Å²) in [7, 11) is 0. The summed E-state index contributed by atoms with van der Waals surface area (Å²) in [4.78, 5) is 59.1. The van der Waals surface area contributed by atoms with Gasteiger partial charge in [-0.3, -0.25) is 24.4 Å². The van der Waals surface area contributed by atoms with Crippen LogP contribution in [0.1, 0.15) is 37.7 Å². The van der Waals surface area contributed by atoms with Gasteiger partial charge in [-0.15, -0.1) is 0 Å². The number of guanidine groups is 2. The number of carboxylic acid groups (broad SMARTS) is 1. The van der Waals surface area contributed by atoms with Crippen LogP contribution in [-0.2, 0) is 25.6 Å². The summed E-state index contributed by atoms with van der Waals surface area (Å²) in [5, 5.41) is 17.5. The third-order valence-corrected chi connectivity index (χ3v) is 6.67. The number of nitrogens with zero attached hydrogens (tertiary/aromatic N) is 2. The van der Waals surface area contributed by atoms with E-state index in [1.807, 2.05) is 12.3 Å². The van der Waals surface area contributed by atoms with Crippen LogP contribution < -0.4 is 44.6 Å². The van der Waals surface area contributed by atoms with Gasteiger partial charge >= 0.3 is 5.97 Å². The van der Waals surface area contributed by atoms with E-state index in [0.717, 1.165) is 5.56 Å². The fourth-order valence-corrected chi connectivity index (χ4v) is 4.28. The molecule has 3 amide bonds. The normalized spacial score (nSPS) is 13.5. The van der Waals surface area contributed by atoms with E-state index in [4.69, 9.17) is 28.7 Å². The quantitative estimate of drug-likeness (QED) is 0.0441. The molecule has 0 radical (unpaired) electrons. The van der Waals surface area contributed by atoms with Gasteiger partial charge in [0, 0.05) is 19.5 Å². The van der Waals surface area contributed by atoms with Crippen molar-refractivity contribution in [3.8, 4) is 0 Å². The largest absolute Gasteiger partial charge is 0.480 e. The van der Waals surface area contributed by atoms with Gasteiger partial charge in [-0.05, 0) is 49.7 Å². The number of nitrogens with one attached hydrogen (secondary N) is 3. The third-order valence-electron chi connectivity index (χ3n) is 6.02. The summed E-state index contributed by atoms with van der Waals surface area (Å²) in [5.41, 5.74) is 28.1. The monoisotopic (exact) mass is 608 g/mol. The Kier molecular flexibility index (Phi) is 17.1. The zero-order valence-electron chi connectivity index (χ0n) is 23.8. The van der Waals surface area contributed by atoms with E-state index >= 15 is 0 Å². The maximum atomic E-state index is 13.5. The summed E-state index contributed by atoms with van der Waals surface area (Å²) >= 11 is 1.54. The second-order valence-electron chi connectivity index (χ2n) is 9.50. The average molecular weight is 609 g/mol. The smallest absolute Gasteiger partial charge is 0.326 e. The lowest BCUT2D eigenvalue weighted by Crippen LogP contribution is -2.57. The molecule has 14 N–H and O–H groups in total. The van der Waals surface area contributed by atoms with Crippen LogP contribution in [0.5, 0.6) is 0 Å². The molecule has 42 heavy (non-hydrogen) atoms. The molecule has 16 heteroatoms. The Morgan fingerprint density at radius 2 is 1.29 bits per heavy atom. The topological polar surface area (TPSA) is 279 Å². The molecule has 0 saturated heterocycles. The Morgan fingerprint density at radius 1 is 0.786 bits per heavy atom. The predicted molar refractivity (Wildman–Crippen MR) is 164 cm³/mol. The molecule has 1 aromatic rings. The molecule has 0 fully saturated rings. The number of amides is 3. The van der Waals surface area contributed by atoms with E-state index in [1.54, 1.807) is 36.0 Å². The fraction of sp³-hybridized carbons (Fsp3) is 0.538. The van der Waals surface area contributed by atoms with Crippen LogP contribution in [-0.4, -0.2) is 90.0 Å². The van der Waals surface area contributed by atoms with Gasteiger partial charge in [-0.1, -0.05) is 30.3 Å². The highest BCUT2D eigenvalue weighted by Gasteiger charge is 2.30. The van der Waals surface area contributed by atoms with Crippen LogP contribution in [0.4, 0.5) is 0 Å². The molecule has 15 nitrogen and oxygen atoms in total. The van der Waals surface area contributed by atoms with Crippen molar-refractivity contribution in [3.63, 3.8) is 0 Å². The molecule has 234 valence electrons.